The molecule has 1 unspecified atom stereocenters. The molecule has 2 nitrogen and oxygen atoms in total. The Morgan fingerprint density at radius 3 is 2.20 bits per heavy atom. The highest BCUT2D eigenvalue weighted by atomic mass is 31.0. The fraction of sp³-hybridized carbons (Fsp3) is 1.00. The molecule has 1 spiro atoms. The van der Waals surface area contributed by atoms with Crippen LogP contribution in [0, 0.1) is 5.41 Å². The van der Waals surface area contributed by atoms with E-state index in [9.17, 15) is 0 Å². The van der Waals surface area contributed by atoms with Crippen LogP contribution in [0.25, 0.3) is 0 Å². The van der Waals surface area contributed by atoms with Crippen molar-refractivity contribution in [2.45, 2.75) is 45.6 Å². The summed E-state index contributed by atoms with van der Waals surface area (Å²) in [5.74, 6) is 0. The van der Waals surface area contributed by atoms with Crippen molar-refractivity contribution < 1.29 is 0 Å². The van der Waals surface area contributed by atoms with Gasteiger partial charge in [0.2, 0.25) is 0 Å². The summed E-state index contributed by atoms with van der Waals surface area (Å²) in [5, 5.41) is 3.38. The highest BCUT2D eigenvalue weighted by Gasteiger charge is 2.44. The number of hydrogen-bond donors (Lipinski definition) is 1. The van der Waals surface area contributed by atoms with E-state index in [1.54, 1.807) is 0 Å². The van der Waals surface area contributed by atoms with Crippen LogP contribution in [0.5, 0.6) is 0 Å². The third-order valence-corrected chi connectivity index (χ3v) is 4.46. The third-order valence-electron chi connectivity index (χ3n) is 3.94. The number of likely N-dealkylation sites (tertiary alicyclic amines) is 1. The molecule has 1 aliphatic heterocycles. The molecule has 1 N–H and O–H groups in total. The minimum absolute atomic E-state index is 0.740. The fourth-order valence-electron chi connectivity index (χ4n) is 2.81. The van der Waals surface area contributed by atoms with Crippen LogP contribution in [0.3, 0.4) is 0 Å². The highest BCUT2D eigenvalue weighted by Crippen LogP contribution is 2.48. The van der Waals surface area contributed by atoms with Gasteiger partial charge in [0.1, 0.15) is 0 Å². The van der Waals surface area contributed by atoms with Crippen molar-refractivity contribution in [3.8, 4) is 0 Å². The van der Waals surface area contributed by atoms with Gasteiger partial charge in [-0.3, -0.25) is 4.90 Å². The Hall–Kier alpha value is 0.350. The standard InChI is InChI=1S/C10H21N2P.C2H6/c1-11-9-6-10(7-9)2-4-12(8-13)5-3-10;1-2/h9,11H,2-8,13H2,1H3;1-2H3. The van der Waals surface area contributed by atoms with E-state index in [2.05, 4.69) is 26.5 Å². The summed E-state index contributed by atoms with van der Waals surface area (Å²) in [6, 6.07) is 0.822. The van der Waals surface area contributed by atoms with Crippen LogP contribution in [0.1, 0.15) is 39.5 Å². The van der Waals surface area contributed by atoms with Gasteiger partial charge in [0.15, 0.2) is 0 Å². The van der Waals surface area contributed by atoms with Gasteiger partial charge in [-0.1, -0.05) is 13.8 Å². The van der Waals surface area contributed by atoms with Crippen molar-refractivity contribution in [3.63, 3.8) is 0 Å². The maximum absolute atomic E-state index is 3.38. The molecule has 2 fully saturated rings. The smallest absolute Gasteiger partial charge is 0.0126 e. The van der Waals surface area contributed by atoms with Crippen molar-refractivity contribution in [2.24, 2.45) is 5.41 Å². The van der Waals surface area contributed by atoms with Gasteiger partial charge < -0.3 is 5.32 Å². The molecule has 0 aromatic carbocycles. The summed E-state index contributed by atoms with van der Waals surface area (Å²) in [5.41, 5.74) is 0.740. The molecular weight excluding hydrogens is 203 g/mol. The lowest BCUT2D eigenvalue weighted by molar-refractivity contribution is 0.0142. The van der Waals surface area contributed by atoms with E-state index in [0.717, 1.165) is 17.7 Å². The van der Waals surface area contributed by atoms with Crippen LogP contribution >= 0.6 is 9.24 Å². The second kappa shape index (κ2) is 6.18. The number of piperidine rings is 1. The van der Waals surface area contributed by atoms with Crippen molar-refractivity contribution in [3.05, 3.63) is 0 Å². The van der Waals surface area contributed by atoms with Crippen LogP contribution < -0.4 is 5.32 Å². The Balaban J connectivity index is 0.000000531. The molecule has 1 saturated heterocycles. The zero-order chi connectivity index (χ0) is 11.3. The van der Waals surface area contributed by atoms with E-state index in [1.807, 2.05) is 13.8 Å². The van der Waals surface area contributed by atoms with Gasteiger partial charge >= 0.3 is 0 Å². The Morgan fingerprint density at radius 1 is 1.27 bits per heavy atom. The van der Waals surface area contributed by atoms with Crippen LogP contribution in [-0.4, -0.2) is 37.4 Å². The first-order chi connectivity index (χ1) is 7.28. The van der Waals surface area contributed by atoms with Gasteiger partial charge in [-0.15, -0.1) is 9.24 Å². The van der Waals surface area contributed by atoms with Crippen molar-refractivity contribution in [2.75, 3.05) is 26.4 Å². The molecule has 1 atom stereocenters. The first kappa shape index (κ1) is 13.4. The van der Waals surface area contributed by atoms with E-state index < -0.39 is 0 Å². The number of nitrogens with one attached hydrogen (secondary N) is 1. The predicted molar refractivity (Wildman–Crippen MR) is 71.2 cm³/mol. The molecule has 0 aromatic rings. The molecule has 1 saturated carbocycles. The van der Waals surface area contributed by atoms with Crippen LogP contribution in [0.2, 0.25) is 0 Å². The summed E-state index contributed by atoms with van der Waals surface area (Å²) in [6.45, 7) is 6.64. The minimum atomic E-state index is 0.740. The normalized spacial score (nSPS) is 25.6. The zero-order valence-electron chi connectivity index (χ0n) is 10.6. The van der Waals surface area contributed by atoms with Gasteiger partial charge in [-0.05, 0) is 51.2 Å². The fourth-order valence-corrected chi connectivity index (χ4v) is 3.17. The van der Waals surface area contributed by atoms with Crippen molar-refractivity contribution in [1.29, 1.82) is 0 Å². The van der Waals surface area contributed by atoms with Crippen molar-refractivity contribution >= 4 is 9.24 Å². The molecule has 1 aliphatic carbocycles. The van der Waals surface area contributed by atoms with E-state index in [1.165, 1.54) is 38.8 Å². The number of nitrogens with zero attached hydrogens (tertiary/aromatic N) is 1. The third kappa shape index (κ3) is 3.15. The maximum Gasteiger partial charge on any atom is 0.0126 e. The average Bonchev–Trinajstić information content (AvgIpc) is 2.28. The molecule has 0 aromatic heterocycles. The molecule has 0 bridgehead atoms. The van der Waals surface area contributed by atoms with Gasteiger partial charge in [-0.25, -0.2) is 0 Å². The first-order valence-corrected chi connectivity index (χ1v) is 7.19. The molecule has 2 rings (SSSR count). The van der Waals surface area contributed by atoms with E-state index in [4.69, 9.17) is 0 Å². The molecule has 0 radical (unpaired) electrons. The maximum atomic E-state index is 3.38. The molecule has 0 amide bonds. The second-order valence-corrected chi connectivity index (χ2v) is 5.06. The summed E-state index contributed by atoms with van der Waals surface area (Å²) in [4.78, 5) is 2.54. The quantitative estimate of drug-likeness (QED) is 0.732. The van der Waals surface area contributed by atoms with Gasteiger partial charge in [-0.2, -0.15) is 0 Å². The molecule has 90 valence electrons. The van der Waals surface area contributed by atoms with E-state index in [-0.39, 0.29) is 0 Å². The first-order valence-electron chi connectivity index (χ1n) is 6.38. The van der Waals surface area contributed by atoms with Gasteiger partial charge in [0, 0.05) is 12.3 Å². The Morgan fingerprint density at radius 2 is 1.80 bits per heavy atom. The predicted octanol–water partition coefficient (Wildman–Crippen LogP) is 2.31. The van der Waals surface area contributed by atoms with E-state index >= 15 is 0 Å². The molecule has 15 heavy (non-hydrogen) atoms. The minimum Gasteiger partial charge on any atom is -0.317 e. The molecular formula is C12H27N2P. The number of rotatable bonds is 2. The van der Waals surface area contributed by atoms with Crippen LogP contribution in [-0.2, 0) is 0 Å². The Bertz CT molecular complexity index is 168. The summed E-state index contributed by atoms with van der Waals surface area (Å²) in [7, 11) is 4.92. The molecule has 1 heterocycles. The lowest BCUT2D eigenvalue weighted by Gasteiger charge is -2.52. The summed E-state index contributed by atoms with van der Waals surface area (Å²) >= 11 is 0. The summed E-state index contributed by atoms with van der Waals surface area (Å²) in [6.07, 6.45) is 6.87. The van der Waals surface area contributed by atoms with Crippen LogP contribution in [0.4, 0.5) is 0 Å². The topological polar surface area (TPSA) is 15.3 Å². The largest absolute Gasteiger partial charge is 0.317 e. The van der Waals surface area contributed by atoms with E-state index in [0.29, 0.717) is 0 Å². The second-order valence-electron chi connectivity index (χ2n) is 4.69. The van der Waals surface area contributed by atoms with Crippen molar-refractivity contribution in [1.82, 2.24) is 10.2 Å². The molecule has 3 heteroatoms. The highest BCUT2D eigenvalue weighted by molar-refractivity contribution is 7.16. The average molecular weight is 230 g/mol. The SMILES string of the molecule is CC.CNC1CC2(CCN(CP)CC2)C1. The zero-order valence-corrected chi connectivity index (χ0v) is 11.7. The molecule has 2 aliphatic rings. The van der Waals surface area contributed by atoms with Gasteiger partial charge in [0.05, 0.1) is 0 Å². The Labute approximate surface area is 97.4 Å². The number of hydrogen-bond acceptors (Lipinski definition) is 2. The van der Waals surface area contributed by atoms with Gasteiger partial charge in [0.25, 0.3) is 0 Å². The van der Waals surface area contributed by atoms with Crippen LogP contribution in [0.15, 0.2) is 0 Å². The monoisotopic (exact) mass is 230 g/mol. The Kier molecular flexibility index (Phi) is 5.52. The lowest BCUT2D eigenvalue weighted by Crippen LogP contribution is -2.52. The lowest BCUT2D eigenvalue weighted by atomic mass is 9.60. The summed E-state index contributed by atoms with van der Waals surface area (Å²) < 4.78 is 0.